The van der Waals surface area contributed by atoms with E-state index in [1.54, 1.807) is 0 Å². The Balaban J connectivity index is 2.15. The van der Waals surface area contributed by atoms with E-state index in [0.29, 0.717) is 5.54 Å². The molecule has 68 valence electrons. The molecule has 0 radical (unpaired) electrons. The normalized spacial score (nSPS) is 41.0. The van der Waals surface area contributed by atoms with Crippen molar-refractivity contribution >= 4 is 5.96 Å². The molecular formula is C9H17N3. The predicted octanol–water partition coefficient (Wildman–Crippen LogP) is 0.805. The molecule has 1 heterocycles. The molecular weight excluding hydrogens is 150 g/mol. The zero-order valence-electron chi connectivity index (χ0n) is 7.88. The van der Waals surface area contributed by atoms with Crippen LogP contribution >= 0.6 is 0 Å². The quantitative estimate of drug-likeness (QED) is 0.580. The maximum Gasteiger partial charge on any atom is 0.191 e. The summed E-state index contributed by atoms with van der Waals surface area (Å²) >= 11 is 0. The number of nitrogens with two attached hydrogens (primary N) is 1. The Morgan fingerprint density at radius 1 is 1.67 bits per heavy atom. The summed E-state index contributed by atoms with van der Waals surface area (Å²) in [6.45, 7) is 3.23. The number of rotatable bonds is 0. The van der Waals surface area contributed by atoms with Gasteiger partial charge in [-0.2, -0.15) is 0 Å². The molecule has 0 aromatic carbocycles. The van der Waals surface area contributed by atoms with Crippen LogP contribution < -0.4 is 5.73 Å². The van der Waals surface area contributed by atoms with Crippen LogP contribution in [0.4, 0.5) is 0 Å². The van der Waals surface area contributed by atoms with Crippen molar-refractivity contribution < 1.29 is 0 Å². The van der Waals surface area contributed by atoms with Crippen LogP contribution in [-0.4, -0.2) is 30.0 Å². The summed E-state index contributed by atoms with van der Waals surface area (Å²) in [6, 6.07) is 0. The van der Waals surface area contributed by atoms with Gasteiger partial charge in [-0.05, 0) is 25.2 Å². The fraction of sp³-hybridized carbons (Fsp3) is 0.889. The van der Waals surface area contributed by atoms with Crippen LogP contribution in [0, 0.1) is 5.92 Å². The summed E-state index contributed by atoms with van der Waals surface area (Å²) in [5.74, 6) is 1.57. The van der Waals surface area contributed by atoms with Gasteiger partial charge < -0.3 is 10.6 Å². The van der Waals surface area contributed by atoms with Crippen molar-refractivity contribution in [2.24, 2.45) is 16.6 Å². The molecule has 1 fully saturated rings. The summed E-state index contributed by atoms with van der Waals surface area (Å²) in [5.41, 5.74) is 6.05. The van der Waals surface area contributed by atoms with Crippen molar-refractivity contribution in [3.8, 4) is 0 Å². The second-order valence-electron chi connectivity index (χ2n) is 4.31. The van der Waals surface area contributed by atoms with Crippen LogP contribution in [0.5, 0.6) is 0 Å². The molecule has 0 aromatic heterocycles. The van der Waals surface area contributed by atoms with Gasteiger partial charge in [0, 0.05) is 7.05 Å². The van der Waals surface area contributed by atoms with Gasteiger partial charge in [-0.1, -0.05) is 6.92 Å². The topological polar surface area (TPSA) is 41.6 Å². The van der Waals surface area contributed by atoms with E-state index in [-0.39, 0.29) is 0 Å². The van der Waals surface area contributed by atoms with Gasteiger partial charge in [0.2, 0.25) is 0 Å². The maximum atomic E-state index is 5.75. The van der Waals surface area contributed by atoms with Gasteiger partial charge in [-0.25, -0.2) is 0 Å². The molecule has 0 amide bonds. The van der Waals surface area contributed by atoms with Crippen LogP contribution in [0.15, 0.2) is 4.99 Å². The highest BCUT2D eigenvalue weighted by atomic mass is 15.3. The fourth-order valence-corrected chi connectivity index (χ4v) is 2.50. The first kappa shape index (κ1) is 7.90. The molecule has 3 nitrogen and oxygen atoms in total. The molecule has 1 saturated carbocycles. The molecule has 0 saturated heterocycles. The maximum absolute atomic E-state index is 5.75. The molecule has 1 aliphatic carbocycles. The lowest BCUT2D eigenvalue weighted by Gasteiger charge is -2.32. The fourth-order valence-electron chi connectivity index (χ4n) is 2.50. The van der Waals surface area contributed by atoms with E-state index in [4.69, 9.17) is 5.73 Å². The van der Waals surface area contributed by atoms with Crippen molar-refractivity contribution in [2.45, 2.75) is 31.7 Å². The molecule has 2 rings (SSSR count). The van der Waals surface area contributed by atoms with E-state index < -0.39 is 0 Å². The molecule has 2 N–H and O–H groups in total. The Kier molecular flexibility index (Phi) is 1.56. The predicted molar refractivity (Wildman–Crippen MR) is 50.0 cm³/mol. The van der Waals surface area contributed by atoms with Crippen LogP contribution in [0.25, 0.3) is 0 Å². The summed E-state index contributed by atoms with van der Waals surface area (Å²) in [4.78, 5) is 6.48. The van der Waals surface area contributed by atoms with Gasteiger partial charge in [-0.3, -0.25) is 4.99 Å². The van der Waals surface area contributed by atoms with Gasteiger partial charge >= 0.3 is 0 Å². The minimum absolute atomic E-state index is 0.295. The van der Waals surface area contributed by atoms with Gasteiger partial charge in [0.1, 0.15) is 0 Å². The van der Waals surface area contributed by atoms with Gasteiger partial charge in [0.15, 0.2) is 5.96 Å². The highest BCUT2D eigenvalue weighted by Gasteiger charge is 2.44. The second-order valence-corrected chi connectivity index (χ2v) is 4.31. The third-order valence-corrected chi connectivity index (χ3v) is 3.42. The Morgan fingerprint density at radius 3 is 2.83 bits per heavy atom. The molecule has 0 aromatic rings. The Hall–Kier alpha value is -0.730. The van der Waals surface area contributed by atoms with E-state index in [2.05, 4.69) is 23.9 Å². The zero-order chi connectivity index (χ0) is 8.77. The van der Waals surface area contributed by atoms with Gasteiger partial charge in [0.05, 0.1) is 12.1 Å². The number of likely N-dealkylation sites (N-methyl/N-ethyl adjacent to an activating group) is 1. The van der Waals surface area contributed by atoms with Gasteiger partial charge in [-0.15, -0.1) is 0 Å². The Morgan fingerprint density at radius 2 is 2.42 bits per heavy atom. The third-order valence-electron chi connectivity index (χ3n) is 3.42. The minimum atomic E-state index is 0.295. The Bertz CT molecular complexity index is 224. The molecule has 12 heavy (non-hydrogen) atoms. The number of guanidine groups is 1. The number of aliphatic imine (C=N–C) groups is 1. The lowest BCUT2D eigenvalue weighted by Crippen LogP contribution is -2.47. The third kappa shape index (κ3) is 0.919. The van der Waals surface area contributed by atoms with E-state index in [0.717, 1.165) is 18.4 Å². The van der Waals surface area contributed by atoms with Crippen molar-refractivity contribution in [1.29, 1.82) is 0 Å². The molecule has 2 atom stereocenters. The molecule has 2 aliphatic rings. The molecule has 1 aliphatic heterocycles. The lowest BCUT2D eigenvalue weighted by atomic mass is 9.96. The summed E-state index contributed by atoms with van der Waals surface area (Å²) in [7, 11) is 2.07. The summed E-state index contributed by atoms with van der Waals surface area (Å²) in [5, 5.41) is 0. The van der Waals surface area contributed by atoms with Crippen molar-refractivity contribution in [3.05, 3.63) is 0 Å². The smallest absolute Gasteiger partial charge is 0.191 e. The summed E-state index contributed by atoms with van der Waals surface area (Å²) in [6.07, 6.45) is 3.84. The second kappa shape index (κ2) is 2.38. The first-order valence-corrected chi connectivity index (χ1v) is 4.68. The molecule has 3 heteroatoms. The molecule has 2 unspecified atom stereocenters. The highest BCUT2D eigenvalue weighted by molar-refractivity contribution is 5.80. The standard InChI is InChI=1S/C9H17N3/c1-7-3-4-9(5-7)6-11-8(10)12(9)2/h7H,3-6H2,1-2H3,(H2,10,11). The van der Waals surface area contributed by atoms with Crippen molar-refractivity contribution in [3.63, 3.8) is 0 Å². The monoisotopic (exact) mass is 167 g/mol. The number of hydrogen-bond donors (Lipinski definition) is 1. The molecule has 1 spiro atoms. The van der Waals surface area contributed by atoms with E-state index >= 15 is 0 Å². The first-order chi connectivity index (χ1) is 5.64. The SMILES string of the molecule is CC1CCC2(CN=C(N)N2C)C1. The first-order valence-electron chi connectivity index (χ1n) is 4.68. The largest absolute Gasteiger partial charge is 0.370 e. The Labute approximate surface area is 73.6 Å². The zero-order valence-corrected chi connectivity index (χ0v) is 7.88. The molecule has 0 bridgehead atoms. The van der Waals surface area contributed by atoms with E-state index in [1.165, 1.54) is 19.3 Å². The lowest BCUT2D eigenvalue weighted by molar-refractivity contribution is 0.236. The van der Waals surface area contributed by atoms with Crippen molar-refractivity contribution in [1.82, 2.24) is 4.90 Å². The highest BCUT2D eigenvalue weighted by Crippen LogP contribution is 2.40. The average molecular weight is 167 g/mol. The minimum Gasteiger partial charge on any atom is -0.370 e. The van der Waals surface area contributed by atoms with Crippen LogP contribution in [0.1, 0.15) is 26.2 Å². The van der Waals surface area contributed by atoms with E-state index in [1.807, 2.05) is 0 Å². The average Bonchev–Trinajstić information content (AvgIpc) is 2.53. The van der Waals surface area contributed by atoms with E-state index in [9.17, 15) is 0 Å². The van der Waals surface area contributed by atoms with Crippen LogP contribution in [0.2, 0.25) is 0 Å². The van der Waals surface area contributed by atoms with Crippen LogP contribution in [0.3, 0.4) is 0 Å². The van der Waals surface area contributed by atoms with Crippen LogP contribution in [-0.2, 0) is 0 Å². The summed E-state index contributed by atoms with van der Waals surface area (Å²) < 4.78 is 0. The number of nitrogens with zero attached hydrogens (tertiary/aromatic N) is 2. The number of hydrogen-bond acceptors (Lipinski definition) is 3. The van der Waals surface area contributed by atoms with Crippen molar-refractivity contribution in [2.75, 3.05) is 13.6 Å². The van der Waals surface area contributed by atoms with Gasteiger partial charge in [0.25, 0.3) is 0 Å².